The number of hydrogen-bond acceptors (Lipinski definition) is 5. The number of methoxy groups -OCH3 is 2. The van der Waals surface area contributed by atoms with Gasteiger partial charge in [0.25, 0.3) is 0 Å². The first kappa shape index (κ1) is 18.6. The van der Waals surface area contributed by atoms with Crippen molar-refractivity contribution in [2.24, 2.45) is 0 Å². The van der Waals surface area contributed by atoms with Crippen LogP contribution in [0.5, 0.6) is 5.75 Å². The van der Waals surface area contributed by atoms with Crippen LogP contribution in [-0.4, -0.2) is 38.8 Å². The molecule has 5 nitrogen and oxygen atoms in total. The van der Waals surface area contributed by atoms with Gasteiger partial charge < -0.3 is 14.4 Å². The van der Waals surface area contributed by atoms with Crippen LogP contribution in [0.2, 0.25) is 0 Å². The van der Waals surface area contributed by atoms with Gasteiger partial charge in [0, 0.05) is 24.9 Å². The van der Waals surface area contributed by atoms with Gasteiger partial charge in [0.1, 0.15) is 29.7 Å². The molecule has 0 unspecified atom stereocenters. The number of aromatic nitrogens is 1. The topological polar surface area (TPSA) is 51.7 Å². The van der Waals surface area contributed by atoms with Crippen molar-refractivity contribution in [1.29, 1.82) is 0 Å². The Hall–Kier alpha value is -3.22. The molecule has 0 bridgehead atoms. The van der Waals surface area contributed by atoms with E-state index >= 15 is 0 Å². The van der Waals surface area contributed by atoms with Crippen LogP contribution in [0.4, 0.5) is 14.6 Å². The van der Waals surface area contributed by atoms with Gasteiger partial charge in [-0.15, -0.1) is 0 Å². The van der Waals surface area contributed by atoms with Crippen molar-refractivity contribution < 1.29 is 23.0 Å². The van der Waals surface area contributed by atoms with Crippen molar-refractivity contribution in [3.63, 3.8) is 0 Å². The lowest BCUT2D eigenvalue weighted by Gasteiger charge is -2.21. The normalized spacial score (nSPS) is 10.7. The average molecular weight is 372 g/mol. The molecule has 0 fully saturated rings. The molecule has 0 aliphatic carbocycles. The number of carbonyl (C=O) groups is 1. The van der Waals surface area contributed by atoms with Gasteiger partial charge in [-0.3, -0.25) is 4.79 Å². The van der Waals surface area contributed by atoms with Crippen LogP contribution in [0.25, 0.3) is 21.9 Å². The van der Waals surface area contributed by atoms with Crippen molar-refractivity contribution in [2.45, 2.75) is 0 Å². The number of benzene rings is 2. The summed E-state index contributed by atoms with van der Waals surface area (Å²) in [5.41, 5.74) is 0.915. The number of nitrogens with zero attached hydrogens (tertiary/aromatic N) is 2. The van der Waals surface area contributed by atoms with Gasteiger partial charge in [-0.25, -0.2) is 13.8 Å². The van der Waals surface area contributed by atoms with Crippen molar-refractivity contribution in [2.75, 3.05) is 32.7 Å². The number of hydrogen-bond donors (Lipinski definition) is 0. The van der Waals surface area contributed by atoms with E-state index in [0.717, 1.165) is 6.07 Å². The maximum Gasteiger partial charge on any atom is 0.325 e. The summed E-state index contributed by atoms with van der Waals surface area (Å²) in [5.74, 6) is -0.738. The van der Waals surface area contributed by atoms with Crippen molar-refractivity contribution in [3.05, 3.63) is 54.2 Å². The van der Waals surface area contributed by atoms with E-state index in [9.17, 15) is 13.6 Å². The predicted molar refractivity (Wildman–Crippen MR) is 98.9 cm³/mol. The van der Waals surface area contributed by atoms with Crippen molar-refractivity contribution in [1.82, 2.24) is 4.98 Å². The largest absolute Gasteiger partial charge is 0.496 e. The summed E-state index contributed by atoms with van der Waals surface area (Å²) < 4.78 is 37.6. The molecule has 1 aromatic heterocycles. The summed E-state index contributed by atoms with van der Waals surface area (Å²) in [6.45, 7) is -0.00934. The smallest absolute Gasteiger partial charge is 0.325 e. The quantitative estimate of drug-likeness (QED) is 0.638. The van der Waals surface area contributed by atoms with Crippen LogP contribution in [-0.2, 0) is 9.53 Å². The third-order valence-electron chi connectivity index (χ3n) is 4.20. The molecule has 3 rings (SSSR count). The average Bonchev–Trinajstić information content (AvgIpc) is 2.65. The van der Waals surface area contributed by atoms with Crippen LogP contribution in [0.1, 0.15) is 0 Å². The maximum atomic E-state index is 13.7. The molecular formula is C20H18F2N2O3. The number of halogens is 2. The van der Waals surface area contributed by atoms with Crippen molar-refractivity contribution >= 4 is 22.6 Å². The molecule has 0 radical (unpaired) electrons. The zero-order valence-corrected chi connectivity index (χ0v) is 15.1. The van der Waals surface area contributed by atoms with Gasteiger partial charge >= 0.3 is 5.97 Å². The Balaban J connectivity index is 2.25. The van der Waals surface area contributed by atoms with Gasteiger partial charge in [0.05, 0.1) is 19.6 Å². The van der Waals surface area contributed by atoms with Gasteiger partial charge in [0.2, 0.25) is 0 Å². The molecule has 1 heterocycles. The minimum atomic E-state index is -0.673. The summed E-state index contributed by atoms with van der Waals surface area (Å²) >= 11 is 0. The number of ether oxygens (including phenoxy) is 2. The summed E-state index contributed by atoms with van der Waals surface area (Å²) in [6.07, 6.45) is 1.53. The van der Waals surface area contributed by atoms with E-state index in [1.165, 1.54) is 32.5 Å². The van der Waals surface area contributed by atoms with E-state index < -0.39 is 17.6 Å². The summed E-state index contributed by atoms with van der Waals surface area (Å²) in [4.78, 5) is 17.7. The third kappa shape index (κ3) is 3.67. The van der Waals surface area contributed by atoms with Crippen LogP contribution in [0.15, 0.2) is 42.6 Å². The fourth-order valence-electron chi connectivity index (χ4n) is 2.98. The fourth-order valence-corrected chi connectivity index (χ4v) is 2.98. The molecule has 140 valence electrons. The number of anilines is 1. The van der Waals surface area contributed by atoms with E-state index in [1.54, 1.807) is 24.1 Å². The highest BCUT2D eigenvalue weighted by Crippen LogP contribution is 2.38. The third-order valence-corrected chi connectivity index (χ3v) is 4.20. The summed E-state index contributed by atoms with van der Waals surface area (Å²) in [6, 6.07) is 8.67. The minimum Gasteiger partial charge on any atom is -0.496 e. The Morgan fingerprint density at radius 3 is 2.48 bits per heavy atom. The highest BCUT2D eigenvalue weighted by molar-refractivity contribution is 6.05. The Morgan fingerprint density at radius 1 is 1.15 bits per heavy atom. The van der Waals surface area contributed by atoms with Crippen LogP contribution in [0.3, 0.4) is 0 Å². The Labute approximate surface area is 155 Å². The number of likely N-dealkylation sites (N-methyl/N-ethyl adjacent to an activating group) is 1. The lowest BCUT2D eigenvalue weighted by molar-refractivity contribution is -0.138. The molecule has 0 aliphatic rings. The number of fused-ring (bicyclic) bond motifs is 1. The second kappa shape index (κ2) is 7.57. The van der Waals surface area contributed by atoms with Gasteiger partial charge in [-0.05, 0) is 29.1 Å². The molecule has 0 N–H and O–H groups in total. The lowest BCUT2D eigenvalue weighted by Crippen LogP contribution is -2.27. The zero-order valence-electron chi connectivity index (χ0n) is 15.1. The fraction of sp³-hybridized carbons (Fsp3) is 0.200. The molecule has 2 aromatic carbocycles. The summed E-state index contributed by atoms with van der Waals surface area (Å²) in [7, 11) is 4.53. The molecule has 7 heteroatoms. The second-order valence-corrected chi connectivity index (χ2v) is 5.97. The molecule has 0 aliphatic heterocycles. The molecule has 3 aromatic rings. The van der Waals surface area contributed by atoms with Crippen molar-refractivity contribution in [3.8, 4) is 16.9 Å². The van der Waals surface area contributed by atoms with Crippen LogP contribution in [0, 0.1) is 11.6 Å². The van der Waals surface area contributed by atoms with Crippen LogP contribution < -0.4 is 9.64 Å². The molecule has 0 spiro atoms. The Kier molecular flexibility index (Phi) is 5.21. The molecule has 0 amide bonds. The maximum absolute atomic E-state index is 13.7. The number of rotatable bonds is 5. The van der Waals surface area contributed by atoms with E-state index in [-0.39, 0.29) is 6.54 Å². The highest BCUT2D eigenvalue weighted by atomic mass is 19.1. The van der Waals surface area contributed by atoms with E-state index in [1.807, 2.05) is 6.07 Å². The molecule has 27 heavy (non-hydrogen) atoms. The molecular weight excluding hydrogens is 354 g/mol. The van der Waals surface area contributed by atoms with E-state index in [4.69, 9.17) is 9.47 Å². The van der Waals surface area contributed by atoms with E-state index in [2.05, 4.69) is 4.98 Å². The number of esters is 1. The minimum absolute atomic E-state index is 0.00934. The van der Waals surface area contributed by atoms with E-state index in [0.29, 0.717) is 33.5 Å². The molecule has 0 saturated heterocycles. The second-order valence-electron chi connectivity index (χ2n) is 5.97. The SMILES string of the molecule is COC(=O)CN(C)c1ncc(-c2cc(F)cc(F)c2)c2cccc(OC)c12. The van der Waals surface area contributed by atoms with Gasteiger partial charge in [-0.2, -0.15) is 0 Å². The van der Waals surface area contributed by atoms with Crippen LogP contribution >= 0.6 is 0 Å². The summed E-state index contributed by atoms with van der Waals surface area (Å²) in [5, 5.41) is 1.33. The first-order valence-electron chi connectivity index (χ1n) is 8.14. The molecule has 0 saturated carbocycles. The highest BCUT2D eigenvalue weighted by Gasteiger charge is 2.18. The van der Waals surface area contributed by atoms with Gasteiger partial charge in [0.15, 0.2) is 0 Å². The predicted octanol–water partition coefficient (Wildman–Crippen LogP) is 3.80. The molecule has 0 atom stereocenters. The Bertz CT molecular complexity index is 988. The Morgan fingerprint density at radius 2 is 1.85 bits per heavy atom. The van der Waals surface area contributed by atoms with Gasteiger partial charge in [-0.1, -0.05) is 12.1 Å². The zero-order chi connectivity index (χ0) is 19.6. The first-order valence-corrected chi connectivity index (χ1v) is 8.14. The number of carbonyl (C=O) groups excluding carboxylic acids is 1. The first-order chi connectivity index (χ1) is 12.9. The monoisotopic (exact) mass is 372 g/mol. The standard InChI is InChI=1S/C20H18F2N2O3/c1-24(11-18(25)27-3)20-19-15(5-4-6-17(19)26-2)16(10-23-20)12-7-13(21)9-14(22)8-12/h4-10H,11H2,1-3H3. The number of pyridine rings is 1. The lowest BCUT2D eigenvalue weighted by atomic mass is 9.99.